The molecule has 0 aromatic rings. The topological polar surface area (TPSA) is 114 Å². The van der Waals surface area contributed by atoms with E-state index in [4.69, 9.17) is 63.7 Å². The van der Waals surface area contributed by atoms with Gasteiger partial charge in [0.05, 0.1) is 138 Å². The zero-order valence-electron chi connectivity index (χ0n) is 27.2. The van der Waals surface area contributed by atoms with Crippen LogP contribution in [0.25, 0.3) is 0 Å². The lowest BCUT2D eigenvalue weighted by Gasteiger charge is -2.22. The number of rotatable bonds is 37. The van der Waals surface area contributed by atoms with Gasteiger partial charge >= 0.3 is 0 Å². The summed E-state index contributed by atoms with van der Waals surface area (Å²) in [6, 6.07) is 0. The standard InChI is InChI=1S/C31H62ClNO11/c32-7-3-1-2-4-10-34-11-12-35-13-14-36-15-16-37-17-18-38-19-20-39-21-22-40-23-24-41-25-26-42-27-28-43-29-30-44-31-5-8-33-9-6-31/h31,33H,1-30H2. The van der Waals surface area contributed by atoms with Crippen molar-refractivity contribution in [2.24, 2.45) is 0 Å². The molecule has 1 heterocycles. The highest BCUT2D eigenvalue weighted by molar-refractivity contribution is 6.17. The van der Waals surface area contributed by atoms with Crippen molar-refractivity contribution in [2.45, 2.75) is 44.6 Å². The highest BCUT2D eigenvalue weighted by Gasteiger charge is 2.12. The van der Waals surface area contributed by atoms with E-state index in [1.165, 1.54) is 12.8 Å². The predicted octanol–water partition coefficient (Wildman–Crippen LogP) is 2.72. The third kappa shape index (κ3) is 33.2. The largest absolute Gasteiger partial charge is 0.379 e. The van der Waals surface area contributed by atoms with Gasteiger partial charge in [-0.25, -0.2) is 0 Å². The van der Waals surface area contributed by atoms with E-state index in [1.807, 2.05) is 0 Å². The first kappa shape index (κ1) is 41.8. The maximum absolute atomic E-state index is 5.79. The van der Waals surface area contributed by atoms with Crippen LogP contribution >= 0.6 is 11.6 Å². The van der Waals surface area contributed by atoms with Gasteiger partial charge in [0.2, 0.25) is 0 Å². The van der Waals surface area contributed by atoms with Crippen molar-refractivity contribution >= 4 is 11.6 Å². The van der Waals surface area contributed by atoms with Gasteiger partial charge in [-0.05, 0) is 38.8 Å². The van der Waals surface area contributed by atoms with Crippen molar-refractivity contribution in [3.8, 4) is 0 Å². The molecule has 264 valence electrons. The second kappa shape index (κ2) is 37.3. The Bertz CT molecular complexity index is 537. The Morgan fingerprint density at radius 3 is 1.00 bits per heavy atom. The van der Waals surface area contributed by atoms with Gasteiger partial charge in [0.15, 0.2) is 0 Å². The maximum atomic E-state index is 5.79. The Labute approximate surface area is 271 Å². The van der Waals surface area contributed by atoms with E-state index in [-0.39, 0.29) is 0 Å². The molecule has 1 rings (SSSR count). The fourth-order valence-electron chi connectivity index (χ4n) is 3.97. The van der Waals surface area contributed by atoms with E-state index in [1.54, 1.807) is 0 Å². The monoisotopic (exact) mass is 659 g/mol. The Morgan fingerprint density at radius 2 is 0.659 bits per heavy atom. The number of piperidine rings is 1. The first-order valence-corrected chi connectivity index (χ1v) is 17.1. The fourth-order valence-corrected chi connectivity index (χ4v) is 4.16. The average Bonchev–Trinajstić information content (AvgIpc) is 3.05. The third-order valence-corrected chi connectivity index (χ3v) is 6.66. The van der Waals surface area contributed by atoms with E-state index in [9.17, 15) is 0 Å². The summed E-state index contributed by atoms with van der Waals surface area (Å²) in [6.45, 7) is 13.9. The van der Waals surface area contributed by atoms with Crippen molar-refractivity contribution in [3.63, 3.8) is 0 Å². The molecule has 1 aliphatic rings. The quantitative estimate of drug-likeness (QED) is 0.0782. The second-order valence-corrected chi connectivity index (χ2v) is 10.4. The number of nitrogens with one attached hydrogen (secondary N) is 1. The average molecular weight is 660 g/mol. The second-order valence-electron chi connectivity index (χ2n) is 10.0. The molecule has 1 saturated heterocycles. The van der Waals surface area contributed by atoms with Crippen molar-refractivity contribution in [2.75, 3.05) is 158 Å². The lowest BCUT2D eigenvalue weighted by atomic mass is 10.1. The van der Waals surface area contributed by atoms with Gasteiger partial charge in [-0.2, -0.15) is 0 Å². The van der Waals surface area contributed by atoms with E-state index in [0.29, 0.717) is 138 Å². The van der Waals surface area contributed by atoms with Crippen molar-refractivity contribution in [1.29, 1.82) is 0 Å². The molecule has 0 amide bonds. The Morgan fingerprint density at radius 1 is 0.364 bits per heavy atom. The lowest BCUT2D eigenvalue weighted by Crippen LogP contribution is -2.33. The zero-order chi connectivity index (χ0) is 31.3. The summed E-state index contributed by atoms with van der Waals surface area (Å²) in [5.74, 6) is 0.746. The number of hydrogen-bond acceptors (Lipinski definition) is 12. The summed E-state index contributed by atoms with van der Waals surface area (Å²) in [5.41, 5.74) is 0. The summed E-state index contributed by atoms with van der Waals surface area (Å²) < 4.78 is 60.8. The van der Waals surface area contributed by atoms with Gasteiger partial charge in [-0.3, -0.25) is 0 Å². The van der Waals surface area contributed by atoms with Crippen LogP contribution in [0.4, 0.5) is 0 Å². The molecule has 0 aliphatic carbocycles. The molecule has 0 aromatic carbocycles. The summed E-state index contributed by atoms with van der Waals surface area (Å²) in [4.78, 5) is 0. The molecule has 0 unspecified atom stereocenters. The van der Waals surface area contributed by atoms with Crippen LogP contribution in [0.5, 0.6) is 0 Å². The zero-order valence-corrected chi connectivity index (χ0v) is 27.9. The van der Waals surface area contributed by atoms with Gasteiger partial charge in [0, 0.05) is 12.5 Å². The smallest absolute Gasteiger partial charge is 0.0704 e. The van der Waals surface area contributed by atoms with Crippen LogP contribution in [-0.2, 0) is 52.1 Å². The molecular formula is C31H62ClNO11. The first-order valence-electron chi connectivity index (χ1n) is 16.6. The molecule has 1 N–H and O–H groups in total. The summed E-state index contributed by atoms with van der Waals surface area (Å²) >= 11 is 5.65. The molecule has 13 heteroatoms. The van der Waals surface area contributed by atoms with Crippen molar-refractivity contribution in [3.05, 3.63) is 0 Å². The number of hydrogen-bond donors (Lipinski definition) is 1. The number of halogens is 1. The maximum Gasteiger partial charge on any atom is 0.0704 e. The summed E-state index contributed by atoms with van der Waals surface area (Å²) in [7, 11) is 0. The van der Waals surface area contributed by atoms with Crippen LogP contribution in [0.2, 0.25) is 0 Å². The molecule has 12 nitrogen and oxygen atoms in total. The van der Waals surface area contributed by atoms with Gasteiger partial charge in [-0.15, -0.1) is 11.6 Å². The molecule has 0 atom stereocenters. The SMILES string of the molecule is ClCCCCCCOCCOCCOCCOCCOCCOCCOCCOCCOCCOCCOC1CCNCC1. The van der Waals surface area contributed by atoms with Crippen LogP contribution in [0.3, 0.4) is 0 Å². The minimum atomic E-state index is 0.374. The van der Waals surface area contributed by atoms with Gasteiger partial charge in [0.1, 0.15) is 0 Å². The predicted molar refractivity (Wildman–Crippen MR) is 169 cm³/mol. The molecule has 0 radical (unpaired) electrons. The highest BCUT2D eigenvalue weighted by Crippen LogP contribution is 2.06. The van der Waals surface area contributed by atoms with Crippen LogP contribution in [0.15, 0.2) is 0 Å². The minimum Gasteiger partial charge on any atom is -0.379 e. The highest BCUT2D eigenvalue weighted by atomic mass is 35.5. The first-order chi connectivity index (χ1) is 21.9. The number of alkyl halides is 1. The molecule has 44 heavy (non-hydrogen) atoms. The molecule has 0 bridgehead atoms. The van der Waals surface area contributed by atoms with Gasteiger partial charge in [-0.1, -0.05) is 12.8 Å². The number of unbranched alkanes of at least 4 members (excludes halogenated alkanes) is 3. The van der Waals surface area contributed by atoms with Gasteiger partial charge < -0.3 is 57.4 Å². The lowest BCUT2D eigenvalue weighted by molar-refractivity contribution is -0.0324. The minimum absolute atomic E-state index is 0.374. The van der Waals surface area contributed by atoms with Crippen LogP contribution in [0.1, 0.15) is 38.5 Å². The normalized spacial score (nSPS) is 14.1. The molecule has 0 spiro atoms. The van der Waals surface area contributed by atoms with E-state index in [0.717, 1.165) is 51.3 Å². The van der Waals surface area contributed by atoms with Crippen LogP contribution in [0, 0.1) is 0 Å². The van der Waals surface area contributed by atoms with Crippen molar-refractivity contribution in [1.82, 2.24) is 5.32 Å². The van der Waals surface area contributed by atoms with E-state index in [2.05, 4.69) is 5.32 Å². The molecular weight excluding hydrogens is 598 g/mol. The Kier molecular flexibility index (Phi) is 35.4. The van der Waals surface area contributed by atoms with E-state index < -0.39 is 0 Å². The summed E-state index contributed by atoms with van der Waals surface area (Å²) in [5, 5.41) is 3.33. The third-order valence-electron chi connectivity index (χ3n) is 6.39. The van der Waals surface area contributed by atoms with Gasteiger partial charge in [0.25, 0.3) is 0 Å². The molecule has 0 aromatic heterocycles. The van der Waals surface area contributed by atoms with Crippen LogP contribution < -0.4 is 5.32 Å². The van der Waals surface area contributed by atoms with Crippen molar-refractivity contribution < 1.29 is 52.1 Å². The van der Waals surface area contributed by atoms with Crippen LogP contribution in [-0.4, -0.2) is 164 Å². The fraction of sp³-hybridized carbons (Fsp3) is 1.00. The molecule has 1 fully saturated rings. The summed E-state index contributed by atoms with van der Waals surface area (Å²) in [6.07, 6.45) is 7.05. The Balaban J connectivity index is 1.60. The Hall–Kier alpha value is -0.190. The number of ether oxygens (including phenoxy) is 11. The molecule has 1 aliphatic heterocycles. The molecule has 0 saturated carbocycles. The van der Waals surface area contributed by atoms with E-state index >= 15 is 0 Å².